The third kappa shape index (κ3) is 2.29. The van der Waals surface area contributed by atoms with E-state index in [4.69, 9.17) is 14.2 Å². The minimum Gasteiger partial charge on any atom is -0.459 e. The van der Waals surface area contributed by atoms with Gasteiger partial charge in [-0.3, -0.25) is 4.90 Å². The SMILES string of the molecule is C=C1C(=O)O[C@H]2CCN3CC=C(COC(=O)[C@@](C)(O)[C@@]4(CO4)[C@H]1C)[C@H]23. The van der Waals surface area contributed by atoms with E-state index in [-0.39, 0.29) is 30.9 Å². The number of epoxide rings is 1. The molecule has 3 saturated heterocycles. The van der Waals surface area contributed by atoms with Gasteiger partial charge in [-0.25, -0.2) is 9.59 Å². The minimum absolute atomic E-state index is 0.0737. The average molecular weight is 349 g/mol. The van der Waals surface area contributed by atoms with Crippen LogP contribution >= 0.6 is 0 Å². The summed E-state index contributed by atoms with van der Waals surface area (Å²) in [5, 5.41) is 10.8. The highest BCUT2D eigenvalue weighted by Gasteiger charge is 2.67. The molecule has 1 N–H and O–H groups in total. The van der Waals surface area contributed by atoms with Crippen LogP contribution in [0.5, 0.6) is 0 Å². The zero-order valence-corrected chi connectivity index (χ0v) is 14.5. The molecular weight excluding hydrogens is 326 g/mol. The van der Waals surface area contributed by atoms with Crippen molar-refractivity contribution in [2.75, 3.05) is 26.3 Å². The predicted molar refractivity (Wildman–Crippen MR) is 86.5 cm³/mol. The Labute approximate surface area is 146 Å². The van der Waals surface area contributed by atoms with E-state index >= 15 is 0 Å². The summed E-state index contributed by atoms with van der Waals surface area (Å²) in [6.45, 7) is 8.74. The summed E-state index contributed by atoms with van der Waals surface area (Å²) >= 11 is 0. The Bertz CT molecular complexity index is 677. The average Bonchev–Trinajstić information content (AvgIpc) is 3.17. The van der Waals surface area contributed by atoms with Crippen molar-refractivity contribution in [2.45, 2.75) is 43.6 Å². The lowest BCUT2D eigenvalue weighted by atomic mass is 9.76. The van der Waals surface area contributed by atoms with E-state index in [2.05, 4.69) is 11.5 Å². The maximum atomic E-state index is 12.6. The highest BCUT2D eigenvalue weighted by molar-refractivity contribution is 5.90. The number of rotatable bonds is 0. The van der Waals surface area contributed by atoms with Crippen LogP contribution in [0.4, 0.5) is 0 Å². The van der Waals surface area contributed by atoms with Gasteiger partial charge in [0.15, 0.2) is 5.60 Å². The first-order valence-corrected chi connectivity index (χ1v) is 8.64. The van der Waals surface area contributed by atoms with Gasteiger partial charge in [-0.05, 0) is 18.9 Å². The standard InChI is InChI=1S/C18H23NO6/c1-10-11(2)18(9-24-18)17(3,22)16(21)23-8-12-4-6-19-7-5-13(14(12)19)25-15(10)20/h4,11,13-14,22H,1,5-9H2,2-3H3/t11-,13-,14+,17+,18+/m0/s1. The van der Waals surface area contributed by atoms with Gasteiger partial charge in [-0.2, -0.15) is 0 Å². The summed E-state index contributed by atoms with van der Waals surface area (Å²) in [5.74, 6) is -1.81. The second-order valence-electron chi connectivity index (χ2n) is 7.52. The summed E-state index contributed by atoms with van der Waals surface area (Å²) in [7, 11) is 0. The molecule has 0 radical (unpaired) electrons. The summed E-state index contributed by atoms with van der Waals surface area (Å²) in [6.07, 6.45) is 2.46. The first-order chi connectivity index (χ1) is 11.8. The second-order valence-corrected chi connectivity index (χ2v) is 7.52. The summed E-state index contributed by atoms with van der Waals surface area (Å²) in [5.41, 5.74) is -1.97. The van der Waals surface area contributed by atoms with Crippen LogP contribution in [0.3, 0.4) is 0 Å². The lowest BCUT2D eigenvalue weighted by molar-refractivity contribution is -0.173. The lowest BCUT2D eigenvalue weighted by Crippen LogP contribution is -2.55. The van der Waals surface area contributed by atoms with Gasteiger partial charge < -0.3 is 19.3 Å². The number of cyclic esters (lactones) is 1. The van der Waals surface area contributed by atoms with Gasteiger partial charge >= 0.3 is 11.9 Å². The highest BCUT2D eigenvalue weighted by atomic mass is 16.6. The molecule has 4 aliphatic heterocycles. The van der Waals surface area contributed by atoms with Crippen LogP contribution in [-0.4, -0.2) is 71.6 Å². The molecule has 4 heterocycles. The Balaban J connectivity index is 1.69. The third-order valence-corrected chi connectivity index (χ3v) is 6.20. The third-order valence-electron chi connectivity index (χ3n) is 6.20. The predicted octanol–water partition coefficient (Wildman–Crippen LogP) is 0.182. The van der Waals surface area contributed by atoms with Gasteiger partial charge in [-0.1, -0.05) is 19.6 Å². The fourth-order valence-corrected chi connectivity index (χ4v) is 4.29. The highest BCUT2D eigenvalue weighted by Crippen LogP contribution is 2.48. The van der Waals surface area contributed by atoms with Crippen molar-refractivity contribution < 1.29 is 28.9 Å². The molecule has 136 valence electrons. The van der Waals surface area contributed by atoms with Gasteiger partial charge in [0.2, 0.25) is 0 Å². The molecule has 0 aliphatic carbocycles. The quantitative estimate of drug-likeness (QED) is 0.289. The van der Waals surface area contributed by atoms with Gasteiger partial charge in [0.25, 0.3) is 0 Å². The van der Waals surface area contributed by atoms with E-state index in [0.717, 1.165) is 25.1 Å². The molecule has 7 nitrogen and oxygen atoms in total. The van der Waals surface area contributed by atoms with Gasteiger partial charge in [0.1, 0.15) is 18.3 Å². The van der Waals surface area contributed by atoms with Crippen LogP contribution in [0.2, 0.25) is 0 Å². The van der Waals surface area contributed by atoms with E-state index in [0.29, 0.717) is 0 Å². The van der Waals surface area contributed by atoms with Crippen LogP contribution in [0, 0.1) is 5.92 Å². The van der Waals surface area contributed by atoms with Crippen molar-refractivity contribution in [3.63, 3.8) is 0 Å². The molecule has 0 aromatic carbocycles. The van der Waals surface area contributed by atoms with Crippen LogP contribution < -0.4 is 0 Å². The zero-order valence-electron chi connectivity index (χ0n) is 14.5. The zero-order chi connectivity index (χ0) is 18.0. The summed E-state index contributed by atoms with van der Waals surface area (Å²) in [4.78, 5) is 27.4. The van der Waals surface area contributed by atoms with Crippen molar-refractivity contribution >= 4 is 11.9 Å². The molecule has 0 unspecified atom stereocenters. The molecular formula is C18H23NO6. The minimum atomic E-state index is -1.87. The second kappa shape index (κ2) is 5.40. The number of carbonyl (C=O) groups is 2. The normalized spacial score (nSPS) is 44.5. The van der Waals surface area contributed by atoms with E-state index in [1.54, 1.807) is 6.92 Å². The molecule has 25 heavy (non-hydrogen) atoms. The van der Waals surface area contributed by atoms with E-state index in [9.17, 15) is 14.7 Å². The van der Waals surface area contributed by atoms with Crippen LogP contribution in [0.15, 0.2) is 23.8 Å². The maximum absolute atomic E-state index is 12.6. The Morgan fingerprint density at radius 2 is 2.12 bits per heavy atom. The maximum Gasteiger partial charge on any atom is 0.341 e. The Hall–Kier alpha value is -1.70. The molecule has 3 fully saturated rings. The van der Waals surface area contributed by atoms with Gasteiger partial charge in [-0.15, -0.1) is 0 Å². The summed E-state index contributed by atoms with van der Waals surface area (Å²) < 4.78 is 16.6. The van der Waals surface area contributed by atoms with Crippen LogP contribution in [0.25, 0.3) is 0 Å². The number of carbonyl (C=O) groups excluding carboxylic acids is 2. The number of hydrogen-bond acceptors (Lipinski definition) is 7. The monoisotopic (exact) mass is 349 g/mol. The number of nitrogens with zero attached hydrogens (tertiary/aromatic N) is 1. The van der Waals surface area contributed by atoms with E-state index in [1.807, 2.05) is 6.08 Å². The molecule has 0 saturated carbocycles. The molecule has 5 atom stereocenters. The molecule has 7 heteroatoms. The Morgan fingerprint density at radius 1 is 1.40 bits per heavy atom. The van der Waals surface area contributed by atoms with Crippen LogP contribution in [0.1, 0.15) is 20.3 Å². The van der Waals surface area contributed by atoms with Crippen LogP contribution in [-0.2, 0) is 23.8 Å². The number of esters is 2. The molecule has 1 spiro atoms. The Morgan fingerprint density at radius 3 is 2.80 bits per heavy atom. The number of hydrogen-bond donors (Lipinski definition) is 1. The molecule has 4 rings (SSSR count). The molecule has 4 aliphatic rings. The molecule has 0 bridgehead atoms. The topological polar surface area (TPSA) is 88.6 Å². The van der Waals surface area contributed by atoms with Crippen molar-refractivity contribution in [3.05, 3.63) is 23.8 Å². The van der Waals surface area contributed by atoms with Crippen molar-refractivity contribution in [3.8, 4) is 0 Å². The number of aliphatic hydroxyl groups is 1. The lowest BCUT2D eigenvalue weighted by Gasteiger charge is -2.34. The van der Waals surface area contributed by atoms with Gasteiger partial charge in [0, 0.05) is 24.6 Å². The van der Waals surface area contributed by atoms with E-state index in [1.165, 1.54) is 6.92 Å². The smallest absolute Gasteiger partial charge is 0.341 e. The first kappa shape index (κ1) is 16.8. The van der Waals surface area contributed by atoms with Gasteiger partial charge in [0.05, 0.1) is 12.6 Å². The van der Waals surface area contributed by atoms with Crippen molar-refractivity contribution in [1.29, 1.82) is 0 Å². The molecule has 0 amide bonds. The number of ether oxygens (including phenoxy) is 3. The largest absolute Gasteiger partial charge is 0.459 e. The summed E-state index contributed by atoms with van der Waals surface area (Å²) in [6, 6.07) is -0.0737. The fourth-order valence-electron chi connectivity index (χ4n) is 4.29. The van der Waals surface area contributed by atoms with Crippen molar-refractivity contribution in [2.24, 2.45) is 5.92 Å². The first-order valence-electron chi connectivity index (χ1n) is 8.64. The Kier molecular flexibility index (Phi) is 3.62. The molecule has 0 aromatic rings. The van der Waals surface area contributed by atoms with E-state index < -0.39 is 29.1 Å². The van der Waals surface area contributed by atoms with Crippen molar-refractivity contribution in [1.82, 2.24) is 4.90 Å². The molecule has 0 aromatic heterocycles. The fraction of sp³-hybridized carbons (Fsp3) is 0.667.